The van der Waals surface area contributed by atoms with Gasteiger partial charge in [-0.1, -0.05) is 194 Å². The van der Waals surface area contributed by atoms with Crippen molar-refractivity contribution in [2.75, 3.05) is 0 Å². The minimum Gasteiger partial charge on any atom is -0.0622 e. The highest BCUT2D eigenvalue weighted by atomic mass is 14.1. The smallest absolute Gasteiger partial charge is 0.0105 e. The van der Waals surface area contributed by atoms with Gasteiger partial charge in [0.15, 0.2) is 0 Å². The van der Waals surface area contributed by atoms with Crippen LogP contribution in [0.15, 0.2) is 194 Å². The second-order valence-electron chi connectivity index (χ2n) is 11.4. The summed E-state index contributed by atoms with van der Waals surface area (Å²) >= 11 is 0. The lowest BCUT2D eigenvalue weighted by atomic mass is 9.94. The van der Waals surface area contributed by atoms with Gasteiger partial charge in [-0.3, -0.25) is 0 Å². The number of rotatable bonds is 8. The first-order valence-electron chi connectivity index (χ1n) is 15.8. The molecule has 0 heterocycles. The normalized spacial score (nSPS) is 10.6. The maximum absolute atomic E-state index is 2.28. The number of hydrogen-bond acceptors (Lipinski definition) is 0. The molecule has 0 aliphatic heterocycles. The predicted molar refractivity (Wildman–Crippen MR) is 197 cm³/mol. The predicted octanol–water partition coefficient (Wildman–Crippen LogP) is 12.2. The molecule has 0 bridgehead atoms. The molecule has 0 fully saturated rings. The fourth-order valence-electron chi connectivity index (χ4n) is 5.87. The van der Waals surface area contributed by atoms with Crippen molar-refractivity contribution >= 4 is 23.3 Å². The largest absolute Gasteiger partial charge is 0.0622 e. The second kappa shape index (κ2) is 13.8. The first-order valence-corrected chi connectivity index (χ1v) is 15.8. The Morgan fingerprint density at radius 3 is 0.696 bits per heavy atom. The lowest BCUT2D eigenvalue weighted by molar-refractivity contribution is 1.54. The molecule has 0 aliphatic rings. The van der Waals surface area contributed by atoms with Gasteiger partial charge in [0.25, 0.3) is 0 Å². The van der Waals surface area contributed by atoms with Crippen molar-refractivity contribution < 1.29 is 0 Å². The van der Waals surface area contributed by atoms with Gasteiger partial charge < -0.3 is 0 Å². The molecule has 0 saturated heterocycles. The van der Waals surface area contributed by atoms with Gasteiger partial charge >= 0.3 is 0 Å². The minimum atomic E-state index is 1.18. The minimum absolute atomic E-state index is 1.18. The van der Waals surface area contributed by atoms with Crippen LogP contribution in [0.5, 0.6) is 0 Å². The van der Waals surface area contributed by atoms with Gasteiger partial charge in [-0.05, 0) is 78.9 Å². The molecule has 0 saturated carbocycles. The SMILES string of the molecule is C(=C(c1ccccc1)c1ccccc1)c1ccc(-c2ccc(-c3ccc(C=C(c4ccccc4)c4ccccc4)cc3)cc2)cc1. The Kier molecular flexibility index (Phi) is 8.61. The summed E-state index contributed by atoms with van der Waals surface area (Å²) in [6.45, 7) is 0. The molecular weight excluding hydrogens is 553 g/mol. The number of benzene rings is 7. The average Bonchev–Trinajstić information content (AvgIpc) is 3.15. The fraction of sp³-hybridized carbons (Fsp3) is 0. The molecule has 7 aromatic rings. The molecule has 0 heteroatoms. The van der Waals surface area contributed by atoms with Crippen LogP contribution in [0.1, 0.15) is 33.4 Å². The molecule has 0 aromatic heterocycles. The molecular formula is C46H34. The van der Waals surface area contributed by atoms with E-state index in [2.05, 4.69) is 206 Å². The lowest BCUT2D eigenvalue weighted by Crippen LogP contribution is -1.88. The van der Waals surface area contributed by atoms with Crippen molar-refractivity contribution in [3.05, 3.63) is 228 Å². The molecule has 7 rings (SSSR count). The van der Waals surface area contributed by atoms with Crippen molar-refractivity contribution in [3.63, 3.8) is 0 Å². The highest BCUT2D eigenvalue weighted by molar-refractivity contribution is 5.92. The molecule has 0 unspecified atom stereocenters. The van der Waals surface area contributed by atoms with Crippen molar-refractivity contribution in [2.45, 2.75) is 0 Å². The maximum atomic E-state index is 2.28. The molecule has 0 N–H and O–H groups in total. The first-order chi connectivity index (χ1) is 22.8. The van der Waals surface area contributed by atoms with Crippen LogP contribution in [0.3, 0.4) is 0 Å². The third-order valence-electron chi connectivity index (χ3n) is 8.33. The zero-order valence-electron chi connectivity index (χ0n) is 25.6. The van der Waals surface area contributed by atoms with E-state index < -0.39 is 0 Å². The van der Waals surface area contributed by atoms with Gasteiger partial charge in [0.2, 0.25) is 0 Å². The Hall–Kier alpha value is -5.98. The molecule has 0 atom stereocenters. The fourth-order valence-corrected chi connectivity index (χ4v) is 5.87. The van der Waals surface area contributed by atoms with E-state index in [1.54, 1.807) is 0 Å². The Morgan fingerprint density at radius 2 is 0.457 bits per heavy atom. The molecule has 0 spiro atoms. The van der Waals surface area contributed by atoms with Crippen LogP contribution in [-0.4, -0.2) is 0 Å². The standard InChI is InChI=1S/C46H34/c1-5-13-41(14-6-1)45(42-15-7-2-8-16-42)33-35-21-25-37(26-22-35)39-29-31-40(32-30-39)38-27-23-36(24-28-38)34-46(43-17-9-3-10-18-43)44-19-11-4-12-20-44/h1-34H. The van der Waals surface area contributed by atoms with Crippen molar-refractivity contribution in [2.24, 2.45) is 0 Å². The van der Waals surface area contributed by atoms with E-state index in [-0.39, 0.29) is 0 Å². The Balaban J connectivity index is 1.10. The second-order valence-corrected chi connectivity index (χ2v) is 11.4. The summed E-state index contributed by atoms with van der Waals surface area (Å²) in [4.78, 5) is 0. The first kappa shape index (κ1) is 28.8. The summed E-state index contributed by atoms with van der Waals surface area (Å²) in [5.74, 6) is 0. The van der Waals surface area contributed by atoms with E-state index >= 15 is 0 Å². The van der Waals surface area contributed by atoms with E-state index in [1.165, 1.54) is 66.8 Å². The summed E-state index contributed by atoms with van der Waals surface area (Å²) in [6.07, 6.45) is 4.55. The van der Waals surface area contributed by atoms with Gasteiger partial charge in [-0.2, -0.15) is 0 Å². The average molecular weight is 587 g/mol. The molecule has 0 amide bonds. The third kappa shape index (κ3) is 6.73. The van der Waals surface area contributed by atoms with Crippen molar-refractivity contribution in [1.29, 1.82) is 0 Å². The van der Waals surface area contributed by atoms with E-state index in [9.17, 15) is 0 Å². The number of hydrogen-bond donors (Lipinski definition) is 0. The van der Waals surface area contributed by atoms with Gasteiger partial charge in [0.05, 0.1) is 0 Å². The molecule has 0 nitrogen and oxygen atoms in total. The Bertz CT molecular complexity index is 1810. The lowest BCUT2D eigenvalue weighted by Gasteiger charge is -2.10. The van der Waals surface area contributed by atoms with Crippen LogP contribution in [0.25, 0.3) is 45.6 Å². The van der Waals surface area contributed by atoms with Crippen LogP contribution in [0.4, 0.5) is 0 Å². The monoisotopic (exact) mass is 586 g/mol. The van der Waals surface area contributed by atoms with Crippen molar-refractivity contribution in [1.82, 2.24) is 0 Å². The summed E-state index contributed by atoms with van der Waals surface area (Å²) in [5, 5.41) is 0. The summed E-state index contributed by atoms with van der Waals surface area (Å²) < 4.78 is 0. The van der Waals surface area contributed by atoms with Crippen LogP contribution in [0, 0.1) is 0 Å². The summed E-state index contributed by atoms with van der Waals surface area (Å²) in [7, 11) is 0. The van der Waals surface area contributed by atoms with Crippen LogP contribution >= 0.6 is 0 Å². The van der Waals surface area contributed by atoms with Crippen LogP contribution in [-0.2, 0) is 0 Å². The Labute approximate surface area is 272 Å². The van der Waals surface area contributed by atoms with Gasteiger partial charge in [-0.15, -0.1) is 0 Å². The Morgan fingerprint density at radius 1 is 0.239 bits per heavy atom. The molecule has 218 valence electrons. The molecule has 0 aliphatic carbocycles. The highest BCUT2D eigenvalue weighted by Gasteiger charge is 2.07. The third-order valence-corrected chi connectivity index (χ3v) is 8.33. The zero-order valence-corrected chi connectivity index (χ0v) is 25.6. The molecule has 46 heavy (non-hydrogen) atoms. The van der Waals surface area contributed by atoms with Crippen LogP contribution in [0.2, 0.25) is 0 Å². The van der Waals surface area contributed by atoms with Gasteiger partial charge in [0, 0.05) is 0 Å². The summed E-state index contributed by atoms with van der Waals surface area (Å²) in [5.41, 5.74) is 14.5. The van der Waals surface area contributed by atoms with E-state index in [0.717, 1.165) is 0 Å². The summed E-state index contributed by atoms with van der Waals surface area (Å²) in [6, 6.07) is 69.0. The zero-order chi connectivity index (χ0) is 31.0. The highest BCUT2D eigenvalue weighted by Crippen LogP contribution is 2.30. The van der Waals surface area contributed by atoms with E-state index in [1.807, 2.05) is 0 Å². The molecule has 0 radical (unpaired) electrons. The van der Waals surface area contributed by atoms with E-state index in [4.69, 9.17) is 0 Å². The van der Waals surface area contributed by atoms with Crippen LogP contribution < -0.4 is 0 Å². The van der Waals surface area contributed by atoms with E-state index in [0.29, 0.717) is 0 Å². The molecule has 7 aromatic carbocycles. The van der Waals surface area contributed by atoms with Crippen molar-refractivity contribution in [3.8, 4) is 22.3 Å². The quantitative estimate of drug-likeness (QED) is 0.155. The van der Waals surface area contributed by atoms with Gasteiger partial charge in [-0.25, -0.2) is 0 Å². The van der Waals surface area contributed by atoms with Gasteiger partial charge in [0.1, 0.15) is 0 Å². The topological polar surface area (TPSA) is 0 Å². The maximum Gasteiger partial charge on any atom is -0.0105 e.